The minimum absolute atomic E-state index is 0.0764. The molecule has 6 nitrogen and oxygen atoms in total. The van der Waals surface area contributed by atoms with E-state index in [-0.39, 0.29) is 11.9 Å². The predicted octanol–water partition coefficient (Wildman–Crippen LogP) is 3.83. The van der Waals surface area contributed by atoms with Gasteiger partial charge < -0.3 is 19.1 Å². The van der Waals surface area contributed by atoms with Gasteiger partial charge in [0, 0.05) is 18.1 Å². The van der Waals surface area contributed by atoms with Crippen molar-refractivity contribution in [1.82, 2.24) is 15.2 Å². The maximum Gasteiger partial charge on any atom is 0.263 e. The second-order valence-electron chi connectivity index (χ2n) is 7.69. The van der Waals surface area contributed by atoms with Crippen LogP contribution in [-0.4, -0.2) is 41.0 Å². The molecule has 2 atom stereocenters. The summed E-state index contributed by atoms with van der Waals surface area (Å²) in [6, 6.07) is 10.4. The van der Waals surface area contributed by atoms with Crippen LogP contribution < -0.4 is 5.32 Å². The normalized spacial score (nSPS) is 25.6. The van der Waals surface area contributed by atoms with Crippen molar-refractivity contribution in [2.24, 2.45) is 0 Å². The number of amides is 1. The molecule has 1 N–H and O–H groups in total. The van der Waals surface area contributed by atoms with Gasteiger partial charge in [0.25, 0.3) is 11.8 Å². The molecule has 5 rings (SSSR count). The van der Waals surface area contributed by atoms with E-state index in [1.165, 1.54) is 19.3 Å². The van der Waals surface area contributed by atoms with Crippen LogP contribution in [0.2, 0.25) is 0 Å². The van der Waals surface area contributed by atoms with E-state index in [2.05, 4.69) is 22.2 Å². The first kappa shape index (κ1) is 16.6. The number of benzene rings is 1. The van der Waals surface area contributed by atoms with Gasteiger partial charge in [0.15, 0.2) is 11.3 Å². The molecular weight excluding hydrogens is 342 g/mol. The number of nitrogens with zero attached hydrogens (tertiary/aromatic N) is 2. The third kappa shape index (κ3) is 2.94. The Kier molecular flexibility index (Phi) is 4.01. The van der Waals surface area contributed by atoms with Crippen LogP contribution in [-0.2, 0) is 0 Å². The van der Waals surface area contributed by atoms with Gasteiger partial charge in [-0.05, 0) is 57.0 Å². The van der Waals surface area contributed by atoms with Crippen LogP contribution in [0.5, 0.6) is 0 Å². The van der Waals surface area contributed by atoms with E-state index < -0.39 is 0 Å². The average molecular weight is 365 g/mol. The van der Waals surface area contributed by atoms with Crippen molar-refractivity contribution in [3.63, 3.8) is 0 Å². The first-order chi connectivity index (χ1) is 13.2. The van der Waals surface area contributed by atoms with Crippen molar-refractivity contribution in [3.8, 4) is 11.7 Å². The Morgan fingerprint density at radius 2 is 2.00 bits per heavy atom. The zero-order valence-corrected chi connectivity index (χ0v) is 15.4. The summed E-state index contributed by atoms with van der Waals surface area (Å²) < 4.78 is 11.1. The van der Waals surface area contributed by atoms with Crippen molar-refractivity contribution < 1.29 is 13.6 Å². The summed E-state index contributed by atoms with van der Waals surface area (Å²) in [5.74, 6) is 0.872. The molecule has 0 aliphatic carbocycles. The van der Waals surface area contributed by atoms with Gasteiger partial charge >= 0.3 is 0 Å². The Bertz CT molecular complexity index is 948. The second-order valence-corrected chi connectivity index (χ2v) is 7.69. The molecule has 2 aliphatic rings. The van der Waals surface area contributed by atoms with E-state index in [0.29, 0.717) is 40.4 Å². The zero-order valence-electron chi connectivity index (χ0n) is 15.4. The van der Waals surface area contributed by atoms with E-state index in [9.17, 15) is 4.79 Å². The van der Waals surface area contributed by atoms with E-state index in [1.807, 2.05) is 18.2 Å². The van der Waals surface area contributed by atoms with Gasteiger partial charge in [-0.25, -0.2) is 4.98 Å². The third-order valence-electron chi connectivity index (χ3n) is 6.07. The van der Waals surface area contributed by atoms with Crippen LogP contribution in [0.15, 0.2) is 45.4 Å². The highest BCUT2D eigenvalue weighted by Gasteiger charge is 2.36. The van der Waals surface area contributed by atoms with Crippen LogP contribution in [0.3, 0.4) is 0 Å². The molecule has 3 aromatic rings. The molecule has 0 saturated carbocycles. The molecule has 0 radical (unpaired) electrons. The van der Waals surface area contributed by atoms with Crippen LogP contribution in [0.25, 0.3) is 22.8 Å². The highest BCUT2D eigenvalue weighted by atomic mass is 16.4. The Morgan fingerprint density at radius 3 is 2.74 bits per heavy atom. The van der Waals surface area contributed by atoms with Crippen molar-refractivity contribution in [3.05, 3.63) is 42.2 Å². The highest BCUT2D eigenvalue weighted by molar-refractivity contribution is 6.04. The van der Waals surface area contributed by atoms with Crippen molar-refractivity contribution in [1.29, 1.82) is 0 Å². The first-order valence-corrected chi connectivity index (χ1v) is 9.65. The molecule has 0 spiro atoms. The summed E-state index contributed by atoms with van der Waals surface area (Å²) in [7, 11) is 2.22. The first-order valence-electron chi connectivity index (χ1n) is 9.65. The maximum absolute atomic E-state index is 13.0. The van der Waals surface area contributed by atoms with Crippen molar-refractivity contribution >= 4 is 17.0 Å². The van der Waals surface area contributed by atoms with Gasteiger partial charge in [0.2, 0.25) is 0 Å². The molecule has 27 heavy (non-hydrogen) atoms. The van der Waals surface area contributed by atoms with Crippen LogP contribution in [0.4, 0.5) is 0 Å². The van der Waals surface area contributed by atoms with Gasteiger partial charge in [0.05, 0.1) is 11.8 Å². The van der Waals surface area contributed by atoms with E-state index in [4.69, 9.17) is 8.83 Å². The smallest absolute Gasteiger partial charge is 0.263 e. The molecule has 2 saturated heterocycles. The number of fused-ring (bicyclic) bond motifs is 3. The number of para-hydroxylation sites is 1. The number of oxazole rings is 1. The molecule has 6 heteroatoms. The fourth-order valence-electron chi connectivity index (χ4n) is 4.63. The Balaban J connectivity index is 1.39. The summed E-state index contributed by atoms with van der Waals surface area (Å²) in [5.41, 5.74) is 1.72. The number of hydrogen-bond donors (Lipinski definition) is 1. The lowest BCUT2D eigenvalue weighted by Crippen LogP contribution is -2.55. The summed E-state index contributed by atoms with van der Waals surface area (Å²) in [6.45, 7) is 0. The number of aromatic nitrogens is 1. The zero-order chi connectivity index (χ0) is 18.4. The highest BCUT2D eigenvalue weighted by Crippen LogP contribution is 2.33. The Labute approximate surface area is 157 Å². The summed E-state index contributed by atoms with van der Waals surface area (Å²) in [4.78, 5) is 20.0. The summed E-state index contributed by atoms with van der Waals surface area (Å²) in [6.07, 6.45) is 7.37. The summed E-state index contributed by atoms with van der Waals surface area (Å²) >= 11 is 0. The molecule has 1 amide bonds. The quantitative estimate of drug-likeness (QED) is 0.764. The van der Waals surface area contributed by atoms with Crippen LogP contribution in [0, 0.1) is 0 Å². The fraction of sp³-hybridized carbons (Fsp3) is 0.429. The maximum atomic E-state index is 13.0. The number of carbonyl (C=O) groups excluding carboxylic acids is 1. The number of piperidine rings is 2. The molecule has 140 valence electrons. The SMILES string of the molecule is CN1C2CCCC1CC(NC(=O)c1cccc3oc(-c4ccco4)nc13)C2. The molecular formula is C21H23N3O3. The lowest BCUT2D eigenvalue weighted by atomic mass is 9.82. The number of nitrogens with one attached hydrogen (secondary N) is 1. The summed E-state index contributed by atoms with van der Waals surface area (Å²) in [5, 5.41) is 3.25. The topological polar surface area (TPSA) is 71.5 Å². The van der Waals surface area contributed by atoms with Crippen molar-refractivity contribution in [2.75, 3.05) is 7.05 Å². The molecule has 2 aliphatic heterocycles. The molecule has 2 unspecified atom stereocenters. The second kappa shape index (κ2) is 6.53. The standard InChI is InChI=1S/C21H23N3O3/c1-24-14-5-2-6-15(24)12-13(11-14)22-20(25)16-7-3-8-17-19(16)23-21(27-17)18-9-4-10-26-18/h3-4,7-10,13-15H,2,5-6,11-12H2,1H3,(H,22,25). The van der Waals surface area contributed by atoms with E-state index in [1.54, 1.807) is 18.4 Å². The monoisotopic (exact) mass is 365 g/mol. The van der Waals surface area contributed by atoms with Crippen LogP contribution in [0.1, 0.15) is 42.5 Å². The fourth-order valence-corrected chi connectivity index (χ4v) is 4.63. The molecule has 4 heterocycles. The van der Waals surface area contributed by atoms with Gasteiger partial charge in [-0.15, -0.1) is 0 Å². The molecule has 1 aromatic carbocycles. The van der Waals surface area contributed by atoms with Gasteiger partial charge in [-0.2, -0.15) is 0 Å². The van der Waals surface area contributed by atoms with Gasteiger partial charge in [-0.1, -0.05) is 12.5 Å². The minimum atomic E-state index is -0.0764. The lowest BCUT2D eigenvalue weighted by Gasteiger charge is -2.47. The third-order valence-corrected chi connectivity index (χ3v) is 6.07. The number of rotatable bonds is 3. The number of carbonyl (C=O) groups is 1. The number of furan rings is 1. The van der Waals surface area contributed by atoms with Gasteiger partial charge in [0.1, 0.15) is 5.52 Å². The van der Waals surface area contributed by atoms with Crippen molar-refractivity contribution in [2.45, 2.75) is 50.2 Å². The molecule has 2 bridgehead atoms. The minimum Gasteiger partial charge on any atom is -0.459 e. The van der Waals surface area contributed by atoms with Crippen LogP contribution >= 0.6 is 0 Å². The lowest BCUT2D eigenvalue weighted by molar-refractivity contribution is 0.0463. The average Bonchev–Trinajstić information content (AvgIpc) is 3.31. The van der Waals surface area contributed by atoms with E-state index in [0.717, 1.165) is 12.8 Å². The Hall–Kier alpha value is -2.60. The Morgan fingerprint density at radius 1 is 1.19 bits per heavy atom. The number of hydrogen-bond acceptors (Lipinski definition) is 5. The predicted molar refractivity (Wildman–Crippen MR) is 101 cm³/mol. The largest absolute Gasteiger partial charge is 0.459 e. The van der Waals surface area contributed by atoms with E-state index >= 15 is 0 Å². The van der Waals surface area contributed by atoms with Gasteiger partial charge in [-0.3, -0.25) is 4.79 Å². The molecule has 2 fully saturated rings. The molecule has 2 aromatic heterocycles.